The zero-order valence-electron chi connectivity index (χ0n) is 15.4. The molecule has 30 heavy (non-hydrogen) atoms. The number of nitrogens with zero attached hydrogens (tertiary/aromatic N) is 3. The van der Waals surface area contributed by atoms with E-state index in [0.717, 1.165) is 21.9 Å². The van der Waals surface area contributed by atoms with Crippen molar-refractivity contribution in [3.8, 4) is 6.07 Å². The Labute approximate surface area is 172 Å². The average molecular weight is 430 g/mol. The molecule has 0 aliphatic carbocycles. The van der Waals surface area contributed by atoms with Gasteiger partial charge >= 0.3 is 6.18 Å². The Balaban J connectivity index is 1.67. The van der Waals surface area contributed by atoms with E-state index in [-0.39, 0.29) is 17.1 Å². The Bertz CT molecular complexity index is 1230. The van der Waals surface area contributed by atoms with Gasteiger partial charge < -0.3 is 4.98 Å². The first kappa shape index (κ1) is 20.0. The fourth-order valence-corrected chi connectivity index (χ4v) is 4.51. The molecule has 2 aromatic heterocycles. The molecular formula is C20H13F3N4O2S. The number of rotatable bonds is 3. The van der Waals surface area contributed by atoms with E-state index in [0.29, 0.717) is 17.4 Å². The number of carbonyl (C=O) groups is 2. The van der Waals surface area contributed by atoms with Crippen molar-refractivity contribution >= 4 is 40.2 Å². The third kappa shape index (κ3) is 3.41. The number of nitrogens with one attached hydrogen (secondary N) is 1. The van der Waals surface area contributed by atoms with Gasteiger partial charge in [-0.05, 0) is 36.6 Å². The largest absolute Gasteiger partial charge is 0.417 e. The maximum atomic E-state index is 13.3. The van der Waals surface area contributed by atoms with Gasteiger partial charge in [0.1, 0.15) is 11.1 Å². The van der Waals surface area contributed by atoms with Crippen molar-refractivity contribution in [2.24, 2.45) is 0 Å². The van der Waals surface area contributed by atoms with Crippen LogP contribution in [0.3, 0.4) is 0 Å². The fourth-order valence-electron chi connectivity index (χ4n) is 3.34. The molecule has 6 nitrogen and oxygen atoms in total. The molecule has 0 bridgehead atoms. The number of amides is 2. The van der Waals surface area contributed by atoms with Gasteiger partial charge in [0.25, 0.3) is 0 Å². The number of aromatic amines is 1. The molecule has 1 aliphatic rings. The molecule has 3 aromatic rings. The molecule has 3 heterocycles. The number of H-pyrrole nitrogens is 1. The summed E-state index contributed by atoms with van der Waals surface area (Å²) < 4.78 is 39.9. The fraction of sp³-hybridized carbons (Fsp3) is 0.200. The van der Waals surface area contributed by atoms with Crippen LogP contribution in [0.1, 0.15) is 23.2 Å². The second-order valence-electron chi connectivity index (χ2n) is 6.73. The lowest BCUT2D eigenvalue weighted by atomic mass is 10.1. The number of fused-ring (bicyclic) bond motifs is 1. The number of thioether (sulfide) groups is 1. The van der Waals surface area contributed by atoms with Crippen LogP contribution in [-0.4, -0.2) is 27.0 Å². The van der Waals surface area contributed by atoms with E-state index in [1.54, 1.807) is 30.5 Å². The average Bonchev–Trinajstić information content (AvgIpc) is 3.24. The van der Waals surface area contributed by atoms with E-state index in [2.05, 4.69) is 9.97 Å². The minimum atomic E-state index is -4.74. The third-order valence-corrected chi connectivity index (χ3v) is 5.86. The Morgan fingerprint density at radius 2 is 2.03 bits per heavy atom. The van der Waals surface area contributed by atoms with Crippen LogP contribution >= 0.6 is 11.8 Å². The molecule has 1 aliphatic heterocycles. The number of halogens is 3. The summed E-state index contributed by atoms with van der Waals surface area (Å²) in [5.74, 6) is -1.03. The number of aromatic nitrogens is 2. The van der Waals surface area contributed by atoms with Crippen LogP contribution in [0.25, 0.3) is 10.9 Å². The lowest BCUT2D eigenvalue weighted by Gasteiger charge is -2.16. The van der Waals surface area contributed by atoms with Gasteiger partial charge in [-0.25, -0.2) is 9.88 Å². The van der Waals surface area contributed by atoms with E-state index in [1.165, 1.54) is 6.92 Å². The monoisotopic (exact) mass is 430 g/mol. The normalized spacial score (nSPS) is 17.0. The number of pyridine rings is 1. The first-order valence-electron chi connectivity index (χ1n) is 8.78. The zero-order valence-corrected chi connectivity index (χ0v) is 16.3. The van der Waals surface area contributed by atoms with Gasteiger partial charge in [0.2, 0.25) is 11.8 Å². The molecule has 1 atom stereocenters. The Morgan fingerprint density at radius 1 is 1.27 bits per heavy atom. The van der Waals surface area contributed by atoms with Gasteiger partial charge in [-0.15, -0.1) is 0 Å². The van der Waals surface area contributed by atoms with Gasteiger partial charge in [-0.1, -0.05) is 17.8 Å². The van der Waals surface area contributed by atoms with E-state index in [4.69, 9.17) is 0 Å². The highest BCUT2D eigenvalue weighted by Gasteiger charge is 2.42. The Hall–Kier alpha value is -3.32. The molecule has 1 fully saturated rings. The lowest BCUT2D eigenvalue weighted by molar-refractivity contribution is -0.138. The summed E-state index contributed by atoms with van der Waals surface area (Å²) in [4.78, 5) is 33.5. The molecule has 4 rings (SSSR count). The van der Waals surface area contributed by atoms with E-state index < -0.39 is 34.4 Å². The van der Waals surface area contributed by atoms with Crippen LogP contribution in [0.4, 0.5) is 18.9 Å². The summed E-state index contributed by atoms with van der Waals surface area (Å²) in [7, 11) is 0. The number of aryl methyl sites for hydroxylation is 1. The third-order valence-electron chi connectivity index (χ3n) is 4.69. The van der Waals surface area contributed by atoms with Crippen LogP contribution in [0.5, 0.6) is 0 Å². The summed E-state index contributed by atoms with van der Waals surface area (Å²) in [6.07, 6.45) is -3.21. The molecule has 0 saturated carbocycles. The van der Waals surface area contributed by atoms with Gasteiger partial charge in [0.15, 0.2) is 0 Å². The van der Waals surface area contributed by atoms with Crippen LogP contribution in [0.2, 0.25) is 0 Å². The van der Waals surface area contributed by atoms with Crippen LogP contribution in [-0.2, 0) is 15.8 Å². The molecule has 1 aromatic carbocycles. The van der Waals surface area contributed by atoms with Gasteiger partial charge in [-0.3, -0.25) is 9.59 Å². The highest BCUT2D eigenvalue weighted by atomic mass is 32.2. The standard InChI is InChI=1S/C20H13F3N4O2S/c1-10-6-14(20(21,22)23)13(9-24)18(26-10)30-16-8-17(28)27(19(16)29)12-3-2-11-4-5-25-15(11)7-12/h2-7,16,25H,8H2,1H3. The predicted molar refractivity (Wildman–Crippen MR) is 104 cm³/mol. The number of imide groups is 1. The predicted octanol–water partition coefficient (Wildman–Crippen LogP) is 4.19. The summed E-state index contributed by atoms with van der Waals surface area (Å²) in [6, 6.07) is 9.23. The smallest absolute Gasteiger partial charge is 0.361 e. The van der Waals surface area contributed by atoms with Crippen molar-refractivity contribution in [3.05, 3.63) is 53.3 Å². The number of hydrogen-bond donors (Lipinski definition) is 1. The van der Waals surface area contributed by atoms with Gasteiger partial charge in [0.05, 0.1) is 22.1 Å². The van der Waals surface area contributed by atoms with Gasteiger partial charge in [-0.2, -0.15) is 18.4 Å². The molecule has 10 heteroatoms. The van der Waals surface area contributed by atoms with Crippen LogP contribution < -0.4 is 4.90 Å². The maximum Gasteiger partial charge on any atom is 0.417 e. The van der Waals surface area contributed by atoms with Crippen LogP contribution in [0.15, 0.2) is 41.6 Å². The zero-order chi connectivity index (χ0) is 21.6. The highest BCUT2D eigenvalue weighted by molar-refractivity contribution is 8.00. The van der Waals surface area contributed by atoms with Crippen molar-refractivity contribution < 1.29 is 22.8 Å². The van der Waals surface area contributed by atoms with Crippen molar-refractivity contribution in [2.75, 3.05) is 4.90 Å². The molecule has 152 valence electrons. The molecule has 1 N–H and O–H groups in total. The Morgan fingerprint density at radius 3 is 2.73 bits per heavy atom. The number of alkyl halides is 3. The molecule has 1 saturated heterocycles. The van der Waals surface area contributed by atoms with Crippen molar-refractivity contribution in [1.29, 1.82) is 5.26 Å². The SMILES string of the molecule is Cc1cc(C(F)(F)F)c(C#N)c(SC2CC(=O)N(c3ccc4cc[nH]c4c3)C2=O)n1. The highest BCUT2D eigenvalue weighted by Crippen LogP contribution is 2.39. The molecule has 2 amide bonds. The number of benzene rings is 1. The quantitative estimate of drug-likeness (QED) is 0.630. The molecule has 0 radical (unpaired) electrons. The first-order valence-corrected chi connectivity index (χ1v) is 9.66. The van der Waals surface area contributed by atoms with E-state index >= 15 is 0 Å². The van der Waals surface area contributed by atoms with Gasteiger partial charge in [0, 0.05) is 23.8 Å². The lowest BCUT2D eigenvalue weighted by Crippen LogP contribution is -2.31. The van der Waals surface area contributed by atoms with E-state index in [1.807, 2.05) is 6.07 Å². The number of carbonyl (C=O) groups excluding carboxylic acids is 2. The summed E-state index contributed by atoms with van der Waals surface area (Å²) in [5.41, 5.74) is -0.576. The number of hydrogen-bond acceptors (Lipinski definition) is 5. The minimum Gasteiger partial charge on any atom is -0.361 e. The maximum absolute atomic E-state index is 13.3. The van der Waals surface area contributed by atoms with Crippen molar-refractivity contribution in [2.45, 2.75) is 29.8 Å². The minimum absolute atomic E-state index is 0.0645. The second-order valence-corrected chi connectivity index (χ2v) is 7.92. The summed E-state index contributed by atoms with van der Waals surface area (Å²) >= 11 is 0.709. The second kappa shape index (κ2) is 7.18. The molecule has 0 spiro atoms. The summed E-state index contributed by atoms with van der Waals surface area (Å²) in [6.45, 7) is 1.37. The topological polar surface area (TPSA) is 89.9 Å². The first-order chi connectivity index (χ1) is 14.2. The molecule has 1 unspecified atom stereocenters. The van der Waals surface area contributed by atoms with E-state index in [9.17, 15) is 28.0 Å². The number of nitriles is 1. The summed E-state index contributed by atoms with van der Waals surface area (Å²) in [5, 5.41) is 9.01. The van der Waals surface area contributed by atoms with Crippen molar-refractivity contribution in [1.82, 2.24) is 9.97 Å². The Kier molecular flexibility index (Phi) is 4.78. The number of anilines is 1. The molecular weight excluding hydrogens is 417 g/mol. The van der Waals surface area contributed by atoms with Crippen LogP contribution in [0, 0.1) is 18.3 Å². The van der Waals surface area contributed by atoms with Crippen molar-refractivity contribution in [3.63, 3.8) is 0 Å².